The van der Waals surface area contributed by atoms with E-state index in [4.69, 9.17) is 0 Å². The van der Waals surface area contributed by atoms with E-state index in [2.05, 4.69) is 20.4 Å². The van der Waals surface area contributed by atoms with Gasteiger partial charge in [-0.25, -0.2) is 23.2 Å². The Morgan fingerprint density at radius 1 is 1.15 bits per heavy atom. The summed E-state index contributed by atoms with van der Waals surface area (Å²) in [5, 5.41) is 16.6. The second kappa shape index (κ2) is 10.2. The topological polar surface area (TPSA) is 99.4 Å². The number of aromatic nitrogens is 4. The molecule has 2 N–H and O–H groups in total. The number of carbonyl (C=O) groups is 1. The molecule has 1 saturated heterocycles. The minimum atomic E-state index is -5.18. The lowest BCUT2D eigenvalue weighted by atomic mass is 10.0. The van der Waals surface area contributed by atoms with Gasteiger partial charge in [0, 0.05) is 45.5 Å². The molecule has 40 heavy (non-hydrogen) atoms. The van der Waals surface area contributed by atoms with Gasteiger partial charge in [-0.3, -0.25) is 0 Å². The summed E-state index contributed by atoms with van der Waals surface area (Å²) in [6.07, 6.45) is -3.30. The highest BCUT2D eigenvalue weighted by Gasteiger charge is 2.38. The van der Waals surface area contributed by atoms with Gasteiger partial charge < -0.3 is 20.2 Å². The van der Waals surface area contributed by atoms with E-state index >= 15 is 0 Å². The Morgan fingerprint density at radius 2 is 1.88 bits per heavy atom. The highest BCUT2D eigenvalue weighted by atomic mass is 19.4. The summed E-state index contributed by atoms with van der Waals surface area (Å²) in [6.45, 7) is 1.17. The number of piperazine rings is 1. The van der Waals surface area contributed by atoms with Crippen molar-refractivity contribution in [2.75, 3.05) is 31.6 Å². The number of anilines is 1. The van der Waals surface area contributed by atoms with Gasteiger partial charge in [0.15, 0.2) is 23.0 Å². The number of rotatable bonds is 4. The van der Waals surface area contributed by atoms with Crippen LogP contribution in [-0.2, 0) is 19.6 Å². The molecule has 1 aliphatic heterocycles. The molecule has 0 radical (unpaired) electrons. The summed E-state index contributed by atoms with van der Waals surface area (Å²) in [5.74, 6) is -5.15. The number of urea groups is 1. The van der Waals surface area contributed by atoms with Gasteiger partial charge in [-0.2, -0.15) is 23.3 Å². The SMILES string of the molecule is CNC(=O)N1CCN(c2ncc3c(-c4cc(C(F)(F)F)c(F)c(O)c4F)nn(C)c3n2)[C@H](Cc2ccccc2)C1. The maximum Gasteiger partial charge on any atom is 0.419 e. The first kappa shape index (κ1) is 27.1. The van der Waals surface area contributed by atoms with Gasteiger partial charge in [-0.15, -0.1) is 0 Å². The van der Waals surface area contributed by atoms with Crippen molar-refractivity contribution in [2.24, 2.45) is 7.05 Å². The summed E-state index contributed by atoms with van der Waals surface area (Å²) >= 11 is 0. The van der Waals surface area contributed by atoms with Gasteiger partial charge in [0.05, 0.1) is 17.0 Å². The van der Waals surface area contributed by atoms with Crippen molar-refractivity contribution in [3.63, 3.8) is 0 Å². The number of hydrogen-bond acceptors (Lipinski definition) is 6. The van der Waals surface area contributed by atoms with E-state index in [1.165, 1.54) is 17.9 Å². The van der Waals surface area contributed by atoms with Crippen LogP contribution in [0.25, 0.3) is 22.3 Å². The third-order valence-electron chi connectivity index (χ3n) is 6.86. The second-order valence-electron chi connectivity index (χ2n) is 9.36. The van der Waals surface area contributed by atoms with E-state index in [1.54, 1.807) is 11.9 Å². The molecular weight excluding hydrogens is 537 g/mol. The standard InChI is InChI=1S/C26H24F5N7O2/c1-32-25(40)37-8-9-38(15(13-37)10-14-6-4-3-5-7-14)24-33-12-17-21(35-36(2)23(17)34-24)16-11-18(26(29,30)31)20(28)22(39)19(16)27/h3-7,11-12,15,39H,8-10,13H2,1-2H3,(H,32,40)/t15-/m1/s1. The number of halogens is 5. The molecular formula is C26H24F5N7O2. The first-order chi connectivity index (χ1) is 19.0. The number of alkyl halides is 3. The van der Waals surface area contributed by atoms with Crippen molar-refractivity contribution in [2.45, 2.75) is 18.6 Å². The zero-order chi connectivity index (χ0) is 28.8. The number of carbonyl (C=O) groups excluding carboxylic acids is 1. The average Bonchev–Trinajstić information content (AvgIpc) is 3.26. The molecule has 1 aliphatic rings. The number of amides is 2. The molecule has 14 heteroatoms. The van der Waals surface area contributed by atoms with Crippen LogP contribution in [0.15, 0.2) is 42.6 Å². The molecule has 0 spiro atoms. The van der Waals surface area contributed by atoms with E-state index in [0.29, 0.717) is 26.1 Å². The summed E-state index contributed by atoms with van der Waals surface area (Å²) in [6, 6.07) is 9.51. The van der Waals surface area contributed by atoms with E-state index in [9.17, 15) is 31.9 Å². The van der Waals surface area contributed by atoms with Gasteiger partial charge in [0.1, 0.15) is 5.69 Å². The number of fused-ring (bicyclic) bond motifs is 1. The summed E-state index contributed by atoms with van der Waals surface area (Å²) in [7, 11) is 3.03. The molecule has 2 aromatic heterocycles. The molecule has 1 fully saturated rings. The van der Waals surface area contributed by atoms with E-state index in [1.807, 2.05) is 35.2 Å². The fraction of sp³-hybridized carbons (Fsp3) is 0.308. The lowest BCUT2D eigenvalue weighted by Gasteiger charge is -2.41. The molecule has 210 valence electrons. The third kappa shape index (κ3) is 4.84. The smallest absolute Gasteiger partial charge is 0.419 e. The van der Waals surface area contributed by atoms with Crippen LogP contribution in [0.4, 0.5) is 32.7 Å². The maximum atomic E-state index is 14.8. The molecule has 3 heterocycles. The molecule has 9 nitrogen and oxygen atoms in total. The molecule has 2 aromatic carbocycles. The number of aromatic hydroxyl groups is 1. The van der Waals surface area contributed by atoms with Crippen molar-refractivity contribution < 1.29 is 31.9 Å². The molecule has 2 amide bonds. The third-order valence-corrected chi connectivity index (χ3v) is 6.86. The van der Waals surface area contributed by atoms with Gasteiger partial charge in [0.2, 0.25) is 5.95 Å². The van der Waals surface area contributed by atoms with Crippen molar-refractivity contribution in [1.29, 1.82) is 0 Å². The Morgan fingerprint density at radius 3 is 2.55 bits per heavy atom. The zero-order valence-electron chi connectivity index (χ0n) is 21.4. The summed E-state index contributed by atoms with van der Waals surface area (Å²) < 4.78 is 70.2. The minimum Gasteiger partial charge on any atom is -0.503 e. The largest absolute Gasteiger partial charge is 0.503 e. The van der Waals surface area contributed by atoms with Crippen LogP contribution < -0.4 is 10.2 Å². The monoisotopic (exact) mass is 561 g/mol. The molecule has 0 saturated carbocycles. The maximum absolute atomic E-state index is 14.8. The van der Waals surface area contributed by atoms with Crippen LogP contribution in [-0.4, -0.2) is 68.5 Å². The van der Waals surface area contributed by atoms with E-state index < -0.39 is 34.7 Å². The second-order valence-corrected chi connectivity index (χ2v) is 9.36. The number of aryl methyl sites for hydroxylation is 1. The van der Waals surface area contributed by atoms with Gasteiger partial charge in [-0.1, -0.05) is 30.3 Å². The quantitative estimate of drug-likeness (QED) is 0.364. The lowest BCUT2D eigenvalue weighted by molar-refractivity contribution is -0.140. The first-order valence-corrected chi connectivity index (χ1v) is 12.2. The number of nitrogens with zero attached hydrogens (tertiary/aromatic N) is 6. The predicted octanol–water partition coefficient (Wildman–Crippen LogP) is 4.11. The lowest BCUT2D eigenvalue weighted by Crippen LogP contribution is -2.57. The van der Waals surface area contributed by atoms with Crippen molar-refractivity contribution >= 4 is 23.0 Å². The Balaban J connectivity index is 1.56. The van der Waals surface area contributed by atoms with Crippen LogP contribution in [0.1, 0.15) is 11.1 Å². The molecule has 4 aromatic rings. The molecule has 0 unspecified atom stereocenters. The predicted molar refractivity (Wildman–Crippen MR) is 136 cm³/mol. The Kier molecular flexibility index (Phi) is 6.94. The van der Waals surface area contributed by atoms with Crippen molar-refractivity contribution in [1.82, 2.24) is 30.0 Å². The average molecular weight is 562 g/mol. The normalized spacial score (nSPS) is 16.0. The fourth-order valence-electron chi connectivity index (χ4n) is 4.89. The highest BCUT2D eigenvalue weighted by molar-refractivity contribution is 5.91. The van der Waals surface area contributed by atoms with E-state index in [-0.39, 0.29) is 40.8 Å². The van der Waals surface area contributed by atoms with Crippen LogP contribution >= 0.6 is 0 Å². The highest BCUT2D eigenvalue weighted by Crippen LogP contribution is 2.41. The zero-order valence-corrected chi connectivity index (χ0v) is 21.4. The van der Waals surface area contributed by atoms with Crippen LogP contribution in [0.5, 0.6) is 5.75 Å². The molecule has 1 atom stereocenters. The minimum absolute atomic E-state index is 0.105. The number of phenolic OH excluding ortho intramolecular Hbond substituents is 1. The Bertz CT molecular complexity index is 1580. The van der Waals surface area contributed by atoms with Crippen LogP contribution in [0.2, 0.25) is 0 Å². The van der Waals surface area contributed by atoms with Gasteiger partial charge >= 0.3 is 12.2 Å². The van der Waals surface area contributed by atoms with Crippen molar-refractivity contribution in [3.05, 3.63) is 65.4 Å². The Hall–Kier alpha value is -4.49. The number of hydrogen-bond donors (Lipinski definition) is 2. The summed E-state index contributed by atoms with van der Waals surface area (Å²) in [5.41, 5.74) is -1.63. The summed E-state index contributed by atoms with van der Waals surface area (Å²) in [4.78, 5) is 25.0. The molecule has 5 rings (SSSR count). The van der Waals surface area contributed by atoms with Gasteiger partial charge in [-0.05, 0) is 18.1 Å². The van der Waals surface area contributed by atoms with Crippen molar-refractivity contribution in [3.8, 4) is 17.0 Å². The first-order valence-electron chi connectivity index (χ1n) is 12.2. The van der Waals surface area contributed by atoms with Crippen LogP contribution in [0, 0.1) is 11.6 Å². The van der Waals surface area contributed by atoms with E-state index in [0.717, 1.165) is 5.56 Å². The van der Waals surface area contributed by atoms with Gasteiger partial charge in [0.25, 0.3) is 0 Å². The fourth-order valence-corrected chi connectivity index (χ4v) is 4.89. The Labute approximate surface area is 224 Å². The molecule has 0 aliphatic carbocycles. The molecule has 0 bridgehead atoms. The number of nitrogens with one attached hydrogen (secondary N) is 1. The number of benzene rings is 2. The van der Waals surface area contributed by atoms with Crippen LogP contribution in [0.3, 0.4) is 0 Å². The number of phenols is 1.